The third-order valence-corrected chi connectivity index (χ3v) is 6.78. The van der Waals surface area contributed by atoms with E-state index in [2.05, 4.69) is 24.9 Å². The zero-order valence-corrected chi connectivity index (χ0v) is 21.8. The number of ether oxygens (including phenoxy) is 1. The number of nitrogens with one attached hydrogen (secondary N) is 2. The molecule has 3 aromatic carbocycles. The van der Waals surface area contributed by atoms with Crippen LogP contribution in [0.2, 0.25) is 10.0 Å². The monoisotopic (exact) mass is 590 g/mol. The van der Waals surface area contributed by atoms with Gasteiger partial charge in [-0.1, -0.05) is 65.3 Å². The van der Waals surface area contributed by atoms with Crippen molar-refractivity contribution in [2.24, 2.45) is 0 Å². The molecule has 0 fully saturated rings. The molecule has 13 heteroatoms. The molecule has 4 rings (SSSR count). The van der Waals surface area contributed by atoms with Crippen LogP contribution in [0.15, 0.2) is 76.7 Å². The molecule has 1 heterocycles. The van der Waals surface area contributed by atoms with Gasteiger partial charge in [-0.15, -0.1) is 13.2 Å². The number of para-hydroxylation sites is 1. The predicted octanol–water partition coefficient (Wildman–Crippen LogP) is 7.74. The van der Waals surface area contributed by atoms with Gasteiger partial charge in [-0.05, 0) is 42.0 Å². The number of thioether (sulfide) groups is 1. The first-order chi connectivity index (χ1) is 18.5. The highest BCUT2D eigenvalue weighted by Crippen LogP contribution is 2.37. The van der Waals surface area contributed by atoms with Crippen LogP contribution in [0.1, 0.15) is 15.9 Å². The van der Waals surface area contributed by atoms with Crippen LogP contribution in [0, 0.1) is 6.57 Å². The summed E-state index contributed by atoms with van der Waals surface area (Å²) in [7, 11) is 0. The molecular weight excluding hydrogens is 576 g/mol. The summed E-state index contributed by atoms with van der Waals surface area (Å²) in [4.78, 5) is 35.1. The number of nitrogens with zero attached hydrogens (tertiary/aromatic N) is 2. The molecule has 0 unspecified atom stereocenters. The van der Waals surface area contributed by atoms with Gasteiger partial charge in [-0.2, -0.15) is 0 Å². The van der Waals surface area contributed by atoms with Crippen LogP contribution >= 0.6 is 35.0 Å². The average molecular weight is 591 g/mol. The van der Waals surface area contributed by atoms with E-state index in [-0.39, 0.29) is 27.2 Å². The number of carbonyl (C=O) groups is 1. The largest absolute Gasteiger partial charge is 0.573 e. The minimum atomic E-state index is -4.98. The third-order valence-electron chi connectivity index (χ3n) is 5.10. The molecule has 2 N–H and O–H groups in total. The average Bonchev–Trinajstić information content (AvgIpc) is 2.88. The number of aromatic nitrogens is 2. The summed E-state index contributed by atoms with van der Waals surface area (Å²) in [5, 5.41) is 3.40. The van der Waals surface area contributed by atoms with E-state index in [9.17, 15) is 22.8 Å². The first kappa shape index (κ1) is 28.0. The summed E-state index contributed by atoms with van der Waals surface area (Å²) in [5.41, 5.74) is -0.113. The van der Waals surface area contributed by atoms with Crippen LogP contribution < -0.4 is 15.6 Å². The highest BCUT2D eigenvalue weighted by atomic mass is 35.5. The number of benzene rings is 3. The van der Waals surface area contributed by atoms with Gasteiger partial charge in [-0.3, -0.25) is 9.59 Å². The van der Waals surface area contributed by atoms with Gasteiger partial charge < -0.3 is 15.0 Å². The Labute approximate surface area is 233 Å². The fraction of sp³-hybridized carbons (Fsp3) is 0.0769. The quantitative estimate of drug-likeness (QED) is 0.130. The Hall–Kier alpha value is -3.98. The van der Waals surface area contributed by atoms with Gasteiger partial charge in [0.05, 0.1) is 22.3 Å². The molecule has 0 radical (unpaired) electrons. The normalized spacial score (nSPS) is 11.1. The van der Waals surface area contributed by atoms with Crippen molar-refractivity contribution in [1.29, 1.82) is 0 Å². The standard InChI is InChI=1S/C26H15Cl2F3N4O3S/c1-32-22-21(17-7-2-3-8-20(17)38-26(29,30)31)34-25(35-24(22)37)39-13-14-5-4-6-16(11-14)33-23(36)15-9-10-18(27)19(28)12-15/h2-12H,13H2,(H,33,36)(H,34,35,37). The predicted molar refractivity (Wildman–Crippen MR) is 144 cm³/mol. The Balaban J connectivity index is 1.56. The van der Waals surface area contributed by atoms with Crippen molar-refractivity contribution in [3.8, 4) is 17.0 Å². The maximum absolute atomic E-state index is 12.9. The van der Waals surface area contributed by atoms with Crippen LogP contribution in [-0.2, 0) is 5.75 Å². The van der Waals surface area contributed by atoms with E-state index < -0.39 is 29.3 Å². The molecule has 4 aromatic rings. The summed E-state index contributed by atoms with van der Waals surface area (Å²) in [6.07, 6.45) is -4.98. The molecule has 39 heavy (non-hydrogen) atoms. The molecule has 0 spiro atoms. The number of hydrogen-bond donors (Lipinski definition) is 2. The second-order valence-electron chi connectivity index (χ2n) is 7.80. The van der Waals surface area contributed by atoms with E-state index in [0.717, 1.165) is 23.4 Å². The second-order valence-corrected chi connectivity index (χ2v) is 9.57. The van der Waals surface area contributed by atoms with Gasteiger partial charge in [-0.25, -0.2) is 9.83 Å². The van der Waals surface area contributed by atoms with Gasteiger partial charge in [0.1, 0.15) is 5.75 Å². The lowest BCUT2D eigenvalue weighted by molar-refractivity contribution is -0.274. The number of halogens is 5. The van der Waals surface area contributed by atoms with E-state index in [1.807, 2.05) is 0 Å². The van der Waals surface area contributed by atoms with E-state index in [1.165, 1.54) is 36.4 Å². The van der Waals surface area contributed by atoms with Crippen molar-refractivity contribution in [3.05, 3.63) is 110 Å². The lowest BCUT2D eigenvalue weighted by atomic mass is 10.1. The van der Waals surface area contributed by atoms with Gasteiger partial charge >= 0.3 is 6.36 Å². The number of H-pyrrole nitrogens is 1. The third kappa shape index (κ3) is 7.11. The molecule has 0 saturated heterocycles. The SMILES string of the molecule is [C-]#[N+]c1c(-c2ccccc2OC(F)(F)F)nc(SCc2cccc(NC(=O)c3ccc(Cl)c(Cl)c3)c2)[nH]c1=O. The summed E-state index contributed by atoms with van der Waals surface area (Å²) in [6.45, 7) is 7.34. The number of amides is 1. The van der Waals surface area contributed by atoms with E-state index in [4.69, 9.17) is 29.8 Å². The Bertz CT molecular complexity index is 1650. The van der Waals surface area contributed by atoms with Crippen LogP contribution in [0.3, 0.4) is 0 Å². The number of hydrogen-bond acceptors (Lipinski definition) is 5. The highest BCUT2D eigenvalue weighted by molar-refractivity contribution is 7.98. The van der Waals surface area contributed by atoms with E-state index in [1.54, 1.807) is 24.3 Å². The highest BCUT2D eigenvalue weighted by Gasteiger charge is 2.32. The summed E-state index contributed by atoms with van der Waals surface area (Å²) < 4.78 is 42.8. The van der Waals surface area contributed by atoms with Crippen LogP contribution in [-0.4, -0.2) is 22.2 Å². The molecule has 0 aliphatic rings. The smallest absolute Gasteiger partial charge is 0.405 e. The van der Waals surface area contributed by atoms with Gasteiger partial charge in [0.15, 0.2) is 5.16 Å². The lowest BCUT2D eigenvalue weighted by Gasteiger charge is -2.14. The Morgan fingerprint density at radius 2 is 1.85 bits per heavy atom. The zero-order chi connectivity index (χ0) is 28.2. The van der Waals surface area contributed by atoms with Gasteiger partial charge in [0.25, 0.3) is 17.2 Å². The summed E-state index contributed by atoms with van der Waals surface area (Å²) in [5.74, 6) is -0.713. The van der Waals surface area contributed by atoms with Gasteiger partial charge in [0.2, 0.25) is 0 Å². The topological polar surface area (TPSA) is 88.4 Å². The molecule has 0 aliphatic heterocycles. The van der Waals surface area contributed by atoms with Crippen LogP contribution in [0.25, 0.3) is 16.1 Å². The fourth-order valence-electron chi connectivity index (χ4n) is 3.41. The van der Waals surface area contributed by atoms with Crippen LogP contribution in [0.5, 0.6) is 5.75 Å². The number of aromatic amines is 1. The Kier molecular flexibility index (Phi) is 8.50. The maximum Gasteiger partial charge on any atom is 0.573 e. The number of carbonyl (C=O) groups excluding carboxylic acids is 1. The molecule has 198 valence electrons. The van der Waals surface area contributed by atoms with E-state index in [0.29, 0.717) is 16.3 Å². The first-order valence-corrected chi connectivity index (χ1v) is 12.6. The van der Waals surface area contributed by atoms with Crippen molar-refractivity contribution in [1.82, 2.24) is 9.97 Å². The van der Waals surface area contributed by atoms with Crippen LogP contribution in [0.4, 0.5) is 24.5 Å². The number of anilines is 1. The van der Waals surface area contributed by atoms with E-state index >= 15 is 0 Å². The first-order valence-electron chi connectivity index (χ1n) is 10.9. The van der Waals surface area contributed by atoms with Gasteiger partial charge in [0, 0.05) is 22.6 Å². The molecule has 0 aliphatic carbocycles. The zero-order valence-electron chi connectivity index (χ0n) is 19.5. The second kappa shape index (κ2) is 11.8. The number of rotatable bonds is 7. The minimum absolute atomic E-state index is 0.0782. The Morgan fingerprint density at radius 3 is 2.56 bits per heavy atom. The van der Waals surface area contributed by atoms with Crippen molar-refractivity contribution in [3.63, 3.8) is 0 Å². The Morgan fingerprint density at radius 1 is 1.08 bits per heavy atom. The van der Waals surface area contributed by atoms with Crippen molar-refractivity contribution in [2.75, 3.05) is 5.32 Å². The lowest BCUT2D eigenvalue weighted by Crippen LogP contribution is -2.18. The maximum atomic E-state index is 12.9. The number of alkyl halides is 3. The molecule has 7 nitrogen and oxygen atoms in total. The molecule has 1 amide bonds. The minimum Gasteiger partial charge on any atom is -0.405 e. The molecule has 0 atom stereocenters. The molecule has 1 aromatic heterocycles. The fourth-order valence-corrected chi connectivity index (χ4v) is 4.52. The van der Waals surface area contributed by atoms with Crippen molar-refractivity contribution < 1.29 is 22.7 Å². The molecule has 0 bridgehead atoms. The van der Waals surface area contributed by atoms with Crippen molar-refractivity contribution in [2.45, 2.75) is 17.3 Å². The molecule has 0 saturated carbocycles. The summed E-state index contributed by atoms with van der Waals surface area (Å²) in [6, 6.07) is 16.5. The van der Waals surface area contributed by atoms with Crippen molar-refractivity contribution >= 4 is 52.2 Å². The summed E-state index contributed by atoms with van der Waals surface area (Å²) >= 11 is 13.0. The molecular formula is C26H15Cl2F3N4O3S.